The topological polar surface area (TPSA) is 27.7 Å². The molecule has 0 N–H and O–H groups in total. The van der Waals surface area contributed by atoms with Crippen molar-refractivity contribution in [1.29, 1.82) is 0 Å². The Balaban J connectivity index is 1.76. The fraction of sp³-hybridized carbons (Fsp3) is 1.00. The van der Waals surface area contributed by atoms with Gasteiger partial charge in [0.05, 0.1) is 12.7 Å². The SMILES string of the molecule is CC1(C)OC[C@H]([C@@H]2C[C@H]2CO[Si](C)(C)C(C)(C)C)O1. The molecular weight excluding hydrogens is 256 g/mol. The Morgan fingerprint density at radius 1 is 1.26 bits per heavy atom. The Morgan fingerprint density at radius 3 is 2.37 bits per heavy atom. The van der Waals surface area contributed by atoms with E-state index in [-0.39, 0.29) is 6.10 Å². The largest absolute Gasteiger partial charge is 0.417 e. The van der Waals surface area contributed by atoms with E-state index in [1.807, 2.05) is 13.8 Å². The molecule has 1 saturated heterocycles. The number of hydrogen-bond donors (Lipinski definition) is 0. The normalized spacial score (nSPS) is 34.6. The van der Waals surface area contributed by atoms with Gasteiger partial charge in [-0.2, -0.15) is 0 Å². The van der Waals surface area contributed by atoms with Crippen LogP contribution in [0.4, 0.5) is 0 Å². The predicted octanol–water partition coefficient (Wildman–Crippen LogP) is 3.80. The molecule has 0 amide bonds. The lowest BCUT2D eigenvalue weighted by Gasteiger charge is -2.36. The zero-order valence-corrected chi connectivity index (χ0v) is 14.6. The molecule has 4 heteroatoms. The van der Waals surface area contributed by atoms with Crippen LogP contribution in [0, 0.1) is 11.8 Å². The van der Waals surface area contributed by atoms with Gasteiger partial charge in [0.15, 0.2) is 14.1 Å². The van der Waals surface area contributed by atoms with Gasteiger partial charge in [-0.15, -0.1) is 0 Å². The molecule has 1 aliphatic heterocycles. The van der Waals surface area contributed by atoms with Crippen molar-refractivity contribution in [3.63, 3.8) is 0 Å². The summed E-state index contributed by atoms with van der Waals surface area (Å²) in [6.07, 6.45) is 1.52. The molecule has 3 nitrogen and oxygen atoms in total. The maximum Gasteiger partial charge on any atom is 0.191 e. The lowest BCUT2D eigenvalue weighted by molar-refractivity contribution is -0.141. The van der Waals surface area contributed by atoms with Crippen LogP contribution in [0.5, 0.6) is 0 Å². The van der Waals surface area contributed by atoms with E-state index in [1.165, 1.54) is 6.42 Å². The average Bonchev–Trinajstić information content (AvgIpc) is 2.92. The van der Waals surface area contributed by atoms with E-state index >= 15 is 0 Å². The molecule has 0 aromatic rings. The minimum Gasteiger partial charge on any atom is -0.417 e. The highest BCUT2D eigenvalue weighted by Gasteiger charge is 2.50. The van der Waals surface area contributed by atoms with Crippen LogP contribution >= 0.6 is 0 Å². The third kappa shape index (κ3) is 3.60. The molecule has 2 aliphatic rings. The third-order valence-corrected chi connectivity index (χ3v) is 9.45. The van der Waals surface area contributed by atoms with Crippen LogP contribution in [-0.4, -0.2) is 33.4 Å². The summed E-state index contributed by atoms with van der Waals surface area (Å²) >= 11 is 0. The van der Waals surface area contributed by atoms with Gasteiger partial charge in [-0.25, -0.2) is 0 Å². The summed E-state index contributed by atoms with van der Waals surface area (Å²) < 4.78 is 17.9. The molecule has 2 rings (SSSR count). The van der Waals surface area contributed by atoms with Crippen molar-refractivity contribution in [3.8, 4) is 0 Å². The smallest absolute Gasteiger partial charge is 0.191 e. The van der Waals surface area contributed by atoms with Crippen LogP contribution in [0.3, 0.4) is 0 Å². The van der Waals surface area contributed by atoms with Crippen LogP contribution in [0.15, 0.2) is 0 Å². The van der Waals surface area contributed by atoms with E-state index in [4.69, 9.17) is 13.9 Å². The Hall–Kier alpha value is 0.0969. The summed E-state index contributed by atoms with van der Waals surface area (Å²) in [5.74, 6) is 0.932. The fourth-order valence-corrected chi connectivity index (χ4v) is 3.44. The molecule has 0 unspecified atom stereocenters. The lowest BCUT2D eigenvalue weighted by Crippen LogP contribution is -2.41. The maximum atomic E-state index is 6.30. The molecule has 0 bridgehead atoms. The van der Waals surface area contributed by atoms with Crippen molar-refractivity contribution in [3.05, 3.63) is 0 Å². The van der Waals surface area contributed by atoms with Crippen LogP contribution < -0.4 is 0 Å². The van der Waals surface area contributed by atoms with Gasteiger partial charge >= 0.3 is 0 Å². The Morgan fingerprint density at radius 2 is 1.89 bits per heavy atom. The van der Waals surface area contributed by atoms with Gasteiger partial charge in [0.25, 0.3) is 0 Å². The van der Waals surface area contributed by atoms with Gasteiger partial charge in [0, 0.05) is 6.61 Å². The first kappa shape index (κ1) is 15.5. The number of hydrogen-bond acceptors (Lipinski definition) is 3. The quantitative estimate of drug-likeness (QED) is 0.736. The first-order valence-electron chi connectivity index (χ1n) is 7.48. The van der Waals surface area contributed by atoms with E-state index in [1.54, 1.807) is 0 Å². The van der Waals surface area contributed by atoms with E-state index in [2.05, 4.69) is 33.9 Å². The summed E-state index contributed by atoms with van der Waals surface area (Å²) in [7, 11) is -1.60. The molecule has 1 heterocycles. The molecule has 3 atom stereocenters. The molecule has 1 saturated carbocycles. The fourth-order valence-electron chi connectivity index (χ4n) is 2.38. The van der Waals surface area contributed by atoms with E-state index in [0.717, 1.165) is 13.2 Å². The van der Waals surface area contributed by atoms with Crippen LogP contribution in [0.1, 0.15) is 41.0 Å². The Kier molecular flexibility index (Phi) is 3.94. The van der Waals surface area contributed by atoms with E-state index in [9.17, 15) is 0 Å². The highest BCUT2D eigenvalue weighted by molar-refractivity contribution is 6.74. The summed E-state index contributed by atoms with van der Waals surface area (Å²) in [6.45, 7) is 17.2. The zero-order chi connectivity index (χ0) is 14.5. The number of rotatable bonds is 4. The van der Waals surface area contributed by atoms with Crippen LogP contribution in [-0.2, 0) is 13.9 Å². The van der Waals surface area contributed by atoms with Crippen molar-refractivity contribution in [1.82, 2.24) is 0 Å². The van der Waals surface area contributed by atoms with Crippen molar-refractivity contribution in [2.45, 2.75) is 71.1 Å². The van der Waals surface area contributed by atoms with Gasteiger partial charge in [-0.05, 0) is 50.2 Å². The second-order valence-corrected chi connectivity index (χ2v) is 12.9. The van der Waals surface area contributed by atoms with Crippen molar-refractivity contribution >= 4 is 8.32 Å². The van der Waals surface area contributed by atoms with Gasteiger partial charge < -0.3 is 13.9 Å². The van der Waals surface area contributed by atoms with Gasteiger partial charge in [0.1, 0.15) is 0 Å². The summed E-state index contributed by atoms with van der Waals surface area (Å²) in [4.78, 5) is 0. The van der Waals surface area contributed by atoms with Gasteiger partial charge in [0.2, 0.25) is 0 Å². The van der Waals surface area contributed by atoms with E-state index in [0.29, 0.717) is 16.9 Å². The summed E-state index contributed by atoms with van der Waals surface area (Å²) in [5, 5.41) is 0.298. The standard InChI is InChI=1S/C15H30O3Si/c1-14(2,3)19(6,7)17-9-11-8-12(11)13-10-16-15(4,5)18-13/h11-13H,8-10H2,1-7H3/t11-,12+,13+/m0/s1. The molecule has 2 fully saturated rings. The molecule has 0 aromatic carbocycles. The molecule has 0 spiro atoms. The monoisotopic (exact) mass is 286 g/mol. The second kappa shape index (κ2) is 4.83. The van der Waals surface area contributed by atoms with Crippen LogP contribution in [0.2, 0.25) is 18.1 Å². The first-order valence-corrected chi connectivity index (χ1v) is 10.4. The van der Waals surface area contributed by atoms with Crippen molar-refractivity contribution in [2.75, 3.05) is 13.2 Å². The summed E-state index contributed by atoms with van der Waals surface area (Å²) in [6, 6.07) is 0. The van der Waals surface area contributed by atoms with Gasteiger partial charge in [-0.3, -0.25) is 0 Å². The average molecular weight is 286 g/mol. The molecule has 19 heavy (non-hydrogen) atoms. The first-order chi connectivity index (χ1) is 8.52. The number of ether oxygens (including phenoxy) is 2. The molecule has 112 valence electrons. The third-order valence-electron chi connectivity index (χ3n) is 4.95. The molecule has 1 aliphatic carbocycles. The van der Waals surface area contributed by atoms with Crippen molar-refractivity contribution in [2.24, 2.45) is 11.8 Å². The van der Waals surface area contributed by atoms with Gasteiger partial charge in [-0.1, -0.05) is 20.8 Å². The minimum absolute atomic E-state index is 0.281. The predicted molar refractivity (Wildman–Crippen MR) is 79.7 cm³/mol. The molecule has 0 radical (unpaired) electrons. The highest BCUT2D eigenvalue weighted by atomic mass is 28.4. The summed E-state index contributed by atoms with van der Waals surface area (Å²) in [5.41, 5.74) is 0. The molecular formula is C15H30O3Si. The minimum atomic E-state index is -1.60. The Bertz CT molecular complexity index is 333. The van der Waals surface area contributed by atoms with E-state index < -0.39 is 14.1 Å². The Labute approximate surface area is 119 Å². The maximum absolute atomic E-state index is 6.30. The van der Waals surface area contributed by atoms with Crippen molar-refractivity contribution < 1.29 is 13.9 Å². The molecule has 0 aromatic heterocycles. The highest BCUT2D eigenvalue weighted by Crippen LogP contribution is 2.47. The second-order valence-electron chi connectivity index (χ2n) is 8.10. The lowest BCUT2D eigenvalue weighted by atomic mass is 10.2. The zero-order valence-electron chi connectivity index (χ0n) is 13.6. The van der Waals surface area contributed by atoms with Crippen LogP contribution in [0.25, 0.3) is 0 Å².